The number of carbonyl (C=O) groups is 1. The molecule has 1 aliphatic rings. The zero-order chi connectivity index (χ0) is 19.8. The molecule has 1 aromatic heterocycles. The normalized spacial score (nSPS) is 14.7. The van der Waals surface area contributed by atoms with Crippen LogP contribution in [0.3, 0.4) is 0 Å². The van der Waals surface area contributed by atoms with E-state index in [1.165, 1.54) is 0 Å². The molecule has 7 heteroatoms. The summed E-state index contributed by atoms with van der Waals surface area (Å²) < 4.78 is 11.3. The number of thiophene rings is 1. The Labute approximate surface area is 163 Å². The molecule has 0 aliphatic carbocycles. The largest absolute Gasteiger partial charge is 0.456 e. The first-order valence-electron chi connectivity index (χ1n) is 8.69. The van der Waals surface area contributed by atoms with Crippen molar-refractivity contribution in [2.45, 2.75) is 39.3 Å². The maximum Gasteiger partial charge on any atom is 0.410 e. The Bertz CT molecular complexity index is 869. The zero-order valence-electron chi connectivity index (χ0n) is 16.2. The fraction of sp³-hybridized carbons (Fsp3) is 0.350. The van der Waals surface area contributed by atoms with Crippen molar-refractivity contribution < 1.29 is 14.3 Å². The molecular formula is C20H25N3O3S. The van der Waals surface area contributed by atoms with E-state index in [1.54, 1.807) is 23.3 Å². The second-order valence-corrected chi connectivity index (χ2v) is 8.28. The van der Waals surface area contributed by atoms with Gasteiger partial charge in [0.25, 0.3) is 0 Å². The molecule has 1 amide bonds. The maximum absolute atomic E-state index is 12.7. The van der Waals surface area contributed by atoms with E-state index in [-0.39, 0.29) is 12.1 Å². The van der Waals surface area contributed by atoms with Gasteiger partial charge in [-0.1, -0.05) is 6.07 Å². The predicted molar refractivity (Wildman–Crippen MR) is 108 cm³/mol. The van der Waals surface area contributed by atoms with Crippen LogP contribution < -0.4 is 15.8 Å². The van der Waals surface area contributed by atoms with Crippen molar-refractivity contribution in [3.8, 4) is 5.75 Å². The smallest absolute Gasteiger partial charge is 0.410 e. The first kappa shape index (κ1) is 19.1. The van der Waals surface area contributed by atoms with E-state index in [9.17, 15) is 4.79 Å². The molecule has 1 unspecified atom stereocenters. The van der Waals surface area contributed by atoms with Crippen LogP contribution in [0.5, 0.6) is 5.75 Å². The van der Waals surface area contributed by atoms with E-state index in [2.05, 4.69) is 5.32 Å². The summed E-state index contributed by atoms with van der Waals surface area (Å²) in [6.07, 6.45) is -0.379. The van der Waals surface area contributed by atoms with E-state index < -0.39 is 5.60 Å². The molecule has 3 rings (SSSR count). The van der Waals surface area contributed by atoms with Gasteiger partial charge in [-0.15, -0.1) is 0 Å². The van der Waals surface area contributed by atoms with Gasteiger partial charge in [0.15, 0.2) is 5.75 Å². The number of benzene rings is 1. The van der Waals surface area contributed by atoms with Gasteiger partial charge in [0.1, 0.15) is 17.2 Å². The number of ether oxygens (including phenoxy) is 2. The van der Waals surface area contributed by atoms with Crippen molar-refractivity contribution in [3.63, 3.8) is 0 Å². The van der Waals surface area contributed by atoms with Gasteiger partial charge in [-0.2, -0.15) is 11.3 Å². The summed E-state index contributed by atoms with van der Waals surface area (Å²) in [5.41, 5.74) is 8.11. The van der Waals surface area contributed by atoms with Crippen molar-refractivity contribution in [1.29, 1.82) is 0 Å². The molecule has 27 heavy (non-hydrogen) atoms. The highest BCUT2D eigenvalue weighted by atomic mass is 32.1. The quantitative estimate of drug-likeness (QED) is 0.801. The van der Waals surface area contributed by atoms with Crippen LogP contribution in [0.1, 0.15) is 44.9 Å². The summed E-state index contributed by atoms with van der Waals surface area (Å²) in [7, 11) is 1.75. The summed E-state index contributed by atoms with van der Waals surface area (Å²) >= 11 is 1.59. The number of carbonyl (C=O) groups excluding carboxylic acids is 1. The topological polar surface area (TPSA) is 76.8 Å². The molecule has 0 fully saturated rings. The van der Waals surface area contributed by atoms with Gasteiger partial charge in [0.2, 0.25) is 0 Å². The average molecular weight is 388 g/mol. The van der Waals surface area contributed by atoms with Crippen molar-refractivity contribution in [1.82, 2.24) is 4.90 Å². The minimum absolute atomic E-state index is 0.286. The lowest BCUT2D eigenvalue weighted by atomic mass is 9.99. The van der Waals surface area contributed by atoms with E-state index in [1.807, 2.05) is 62.7 Å². The Kier molecular flexibility index (Phi) is 5.06. The van der Waals surface area contributed by atoms with Crippen LogP contribution in [0, 0.1) is 0 Å². The number of anilines is 1. The van der Waals surface area contributed by atoms with E-state index in [0.29, 0.717) is 17.3 Å². The van der Waals surface area contributed by atoms with Crippen molar-refractivity contribution in [2.75, 3.05) is 12.4 Å². The average Bonchev–Trinajstić information content (AvgIpc) is 3.08. The Morgan fingerprint density at radius 3 is 2.67 bits per heavy atom. The number of nitrogens with zero attached hydrogens (tertiary/aromatic N) is 1. The number of allylic oxidation sites excluding steroid dienone is 1. The van der Waals surface area contributed by atoms with Crippen LogP contribution in [0.4, 0.5) is 10.5 Å². The fourth-order valence-corrected chi connectivity index (χ4v) is 3.55. The lowest BCUT2D eigenvalue weighted by Crippen LogP contribution is -2.37. The Hall–Kier alpha value is -2.67. The maximum atomic E-state index is 12.7. The highest BCUT2D eigenvalue weighted by Crippen LogP contribution is 2.37. The van der Waals surface area contributed by atoms with Crippen molar-refractivity contribution in [2.24, 2.45) is 5.73 Å². The third-order valence-corrected chi connectivity index (χ3v) is 4.86. The van der Waals surface area contributed by atoms with E-state index >= 15 is 0 Å². The summed E-state index contributed by atoms with van der Waals surface area (Å²) in [5, 5.41) is 7.19. The molecule has 2 aromatic rings. The number of amides is 1. The molecule has 1 atom stereocenters. The highest BCUT2D eigenvalue weighted by Gasteiger charge is 2.29. The number of fused-ring (bicyclic) bond motifs is 1. The van der Waals surface area contributed by atoms with Gasteiger partial charge in [-0.3, -0.25) is 0 Å². The summed E-state index contributed by atoms with van der Waals surface area (Å²) in [6, 6.07) is 7.52. The lowest BCUT2D eigenvalue weighted by molar-refractivity contribution is 0.0249. The molecule has 1 aliphatic heterocycles. The number of nitrogens with one attached hydrogen (secondary N) is 1. The Balaban J connectivity index is 1.96. The summed E-state index contributed by atoms with van der Waals surface area (Å²) in [5.74, 6) is 1.82. The first-order valence-corrected chi connectivity index (χ1v) is 9.63. The van der Waals surface area contributed by atoms with Gasteiger partial charge in [0, 0.05) is 7.05 Å². The molecule has 0 radical (unpaired) electrons. The van der Waals surface area contributed by atoms with Gasteiger partial charge >= 0.3 is 6.09 Å². The van der Waals surface area contributed by atoms with Crippen LogP contribution in [-0.4, -0.2) is 23.6 Å². The van der Waals surface area contributed by atoms with Crippen molar-refractivity contribution in [3.05, 3.63) is 57.7 Å². The SMILES string of the molecule is CC1=C(N)Nc2cc(C(c3ccsc3)N(C)C(=O)OC(C)(C)C)ccc2O1. The second kappa shape index (κ2) is 7.15. The van der Waals surface area contributed by atoms with Crippen LogP contribution in [0.15, 0.2) is 46.6 Å². The highest BCUT2D eigenvalue weighted by molar-refractivity contribution is 7.08. The van der Waals surface area contributed by atoms with Crippen LogP contribution >= 0.6 is 11.3 Å². The summed E-state index contributed by atoms with van der Waals surface area (Å²) in [6.45, 7) is 7.38. The molecule has 2 heterocycles. The summed E-state index contributed by atoms with van der Waals surface area (Å²) in [4.78, 5) is 14.3. The molecule has 6 nitrogen and oxygen atoms in total. The number of hydrogen-bond acceptors (Lipinski definition) is 6. The number of nitrogens with two attached hydrogens (primary N) is 1. The molecule has 3 N–H and O–H groups in total. The second-order valence-electron chi connectivity index (χ2n) is 7.50. The molecular weight excluding hydrogens is 362 g/mol. The Morgan fingerprint density at radius 1 is 1.30 bits per heavy atom. The van der Waals surface area contributed by atoms with Gasteiger partial charge in [-0.05, 0) is 67.8 Å². The Morgan fingerprint density at radius 2 is 2.04 bits per heavy atom. The lowest BCUT2D eigenvalue weighted by Gasteiger charge is -2.31. The molecule has 0 bridgehead atoms. The minimum atomic E-state index is -0.563. The third-order valence-electron chi connectivity index (χ3n) is 4.16. The first-order chi connectivity index (χ1) is 12.7. The monoisotopic (exact) mass is 387 g/mol. The van der Waals surface area contributed by atoms with Crippen LogP contribution in [0.25, 0.3) is 0 Å². The number of rotatable bonds is 3. The zero-order valence-corrected chi connectivity index (χ0v) is 17.0. The predicted octanol–water partition coefficient (Wildman–Crippen LogP) is 4.66. The number of hydrogen-bond donors (Lipinski definition) is 2. The molecule has 144 valence electrons. The molecule has 1 aromatic carbocycles. The third kappa shape index (κ3) is 4.19. The van der Waals surface area contributed by atoms with E-state index in [0.717, 1.165) is 16.8 Å². The van der Waals surface area contributed by atoms with Crippen LogP contribution in [0.2, 0.25) is 0 Å². The van der Waals surface area contributed by atoms with E-state index in [4.69, 9.17) is 15.2 Å². The van der Waals surface area contributed by atoms with Gasteiger partial charge in [0.05, 0.1) is 11.7 Å². The standard InChI is InChI=1S/C20H25N3O3S/c1-12-18(21)22-15-10-13(6-7-16(15)25-12)17(14-8-9-27-11-14)23(5)19(24)26-20(2,3)4/h6-11,17,22H,21H2,1-5H3. The molecule has 0 spiro atoms. The van der Waals surface area contributed by atoms with Crippen LogP contribution in [-0.2, 0) is 4.74 Å². The van der Waals surface area contributed by atoms with Crippen molar-refractivity contribution >= 4 is 23.1 Å². The van der Waals surface area contributed by atoms with Gasteiger partial charge in [-0.25, -0.2) is 4.79 Å². The molecule has 0 saturated carbocycles. The molecule has 0 saturated heterocycles. The minimum Gasteiger partial charge on any atom is -0.456 e. The fourth-order valence-electron chi connectivity index (χ4n) is 2.87. The van der Waals surface area contributed by atoms with Gasteiger partial charge < -0.3 is 25.4 Å².